The first kappa shape index (κ1) is 17.7. The number of nitrogens with zero attached hydrogens (tertiary/aromatic N) is 1. The molecule has 7 nitrogen and oxygen atoms in total. The third-order valence-electron chi connectivity index (χ3n) is 2.92. The van der Waals surface area contributed by atoms with Gasteiger partial charge in [-0.05, 0) is 46.3 Å². The van der Waals surface area contributed by atoms with Crippen LogP contribution in [0.1, 0.15) is 6.92 Å². The minimum atomic E-state index is -3.53. The van der Waals surface area contributed by atoms with Gasteiger partial charge in [0.1, 0.15) is 0 Å². The maximum atomic E-state index is 11.8. The molecule has 120 valence electrons. The van der Waals surface area contributed by atoms with Crippen LogP contribution < -0.4 is 15.8 Å². The van der Waals surface area contributed by atoms with E-state index < -0.39 is 15.6 Å². The SMILES string of the molecule is CNS(=O)(=O)c1ccc(N)c(NCC(C)(O)CN(C)C)c1. The Bertz CT molecular complexity index is 585. The summed E-state index contributed by atoms with van der Waals surface area (Å²) in [5.41, 5.74) is 5.77. The second-order valence-corrected chi connectivity index (χ2v) is 7.43. The number of aliphatic hydroxyl groups is 1. The molecule has 0 bridgehead atoms. The lowest BCUT2D eigenvalue weighted by molar-refractivity contribution is 0.0460. The Morgan fingerprint density at radius 1 is 1.38 bits per heavy atom. The molecule has 1 aromatic rings. The van der Waals surface area contributed by atoms with Crippen molar-refractivity contribution in [3.8, 4) is 0 Å². The second-order valence-electron chi connectivity index (χ2n) is 5.54. The Kier molecular flexibility index (Phi) is 5.57. The Balaban J connectivity index is 2.92. The first-order chi connectivity index (χ1) is 9.57. The molecule has 0 aliphatic carbocycles. The van der Waals surface area contributed by atoms with Gasteiger partial charge in [0.25, 0.3) is 0 Å². The molecule has 1 unspecified atom stereocenters. The lowest BCUT2D eigenvalue weighted by Crippen LogP contribution is -2.43. The van der Waals surface area contributed by atoms with Crippen LogP contribution in [0, 0.1) is 0 Å². The van der Waals surface area contributed by atoms with Gasteiger partial charge in [0.05, 0.1) is 21.9 Å². The highest BCUT2D eigenvalue weighted by atomic mass is 32.2. The van der Waals surface area contributed by atoms with Crippen LogP contribution in [-0.4, -0.2) is 58.3 Å². The van der Waals surface area contributed by atoms with Crippen LogP contribution >= 0.6 is 0 Å². The van der Waals surface area contributed by atoms with E-state index in [-0.39, 0.29) is 11.4 Å². The third kappa shape index (κ3) is 5.16. The monoisotopic (exact) mass is 316 g/mol. The normalized spacial score (nSPS) is 15.0. The Morgan fingerprint density at radius 2 is 2.00 bits per heavy atom. The molecule has 21 heavy (non-hydrogen) atoms. The van der Waals surface area contributed by atoms with Gasteiger partial charge in [0.2, 0.25) is 10.0 Å². The molecule has 1 aromatic carbocycles. The van der Waals surface area contributed by atoms with E-state index in [0.717, 1.165) is 0 Å². The summed E-state index contributed by atoms with van der Waals surface area (Å²) in [5.74, 6) is 0. The number of rotatable bonds is 7. The van der Waals surface area contributed by atoms with Crippen LogP contribution in [0.15, 0.2) is 23.1 Å². The number of nitrogen functional groups attached to an aromatic ring is 1. The van der Waals surface area contributed by atoms with E-state index in [0.29, 0.717) is 17.9 Å². The van der Waals surface area contributed by atoms with Crippen LogP contribution in [0.5, 0.6) is 0 Å². The molecular weight excluding hydrogens is 292 g/mol. The Hall–Kier alpha value is -1.35. The predicted octanol–water partition coefficient (Wildman–Crippen LogP) is -0.0986. The third-order valence-corrected chi connectivity index (χ3v) is 4.33. The van der Waals surface area contributed by atoms with Crippen molar-refractivity contribution in [2.24, 2.45) is 0 Å². The van der Waals surface area contributed by atoms with E-state index in [1.54, 1.807) is 6.92 Å². The minimum absolute atomic E-state index is 0.119. The van der Waals surface area contributed by atoms with Crippen LogP contribution in [0.4, 0.5) is 11.4 Å². The molecule has 0 saturated heterocycles. The number of anilines is 2. The molecule has 0 spiro atoms. The Morgan fingerprint density at radius 3 is 2.52 bits per heavy atom. The van der Waals surface area contributed by atoms with Crippen molar-refractivity contribution in [1.82, 2.24) is 9.62 Å². The van der Waals surface area contributed by atoms with Gasteiger partial charge in [-0.2, -0.15) is 0 Å². The van der Waals surface area contributed by atoms with Gasteiger partial charge in [-0.25, -0.2) is 13.1 Å². The summed E-state index contributed by atoms with van der Waals surface area (Å²) in [6.07, 6.45) is 0. The molecule has 0 saturated carbocycles. The van der Waals surface area contributed by atoms with Gasteiger partial charge in [-0.15, -0.1) is 0 Å². The summed E-state index contributed by atoms with van der Waals surface area (Å²) in [6, 6.07) is 4.41. The second kappa shape index (κ2) is 6.61. The fourth-order valence-electron chi connectivity index (χ4n) is 2.00. The minimum Gasteiger partial charge on any atom is -0.397 e. The van der Waals surface area contributed by atoms with E-state index >= 15 is 0 Å². The standard InChI is InChI=1S/C13H24N4O3S/c1-13(18,9-17(3)4)8-16-12-7-10(5-6-11(12)14)21(19,20)15-2/h5-7,15-16,18H,8-9,14H2,1-4H3. The predicted molar refractivity (Wildman–Crippen MR) is 84.8 cm³/mol. The van der Waals surface area contributed by atoms with Crippen molar-refractivity contribution < 1.29 is 13.5 Å². The number of sulfonamides is 1. The van der Waals surface area contributed by atoms with Crippen LogP contribution in [-0.2, 0) is 10.0 Å². The number of benzene rings is 1. The Labute approximate surface area is 126 Å². The molecule has 8 heteroatoms. The topological polar surface area (TPSA) is 108 Å². The maximum Gasteiger partial charge on any atom is 0.240 e. The molecule has 1 rings (SSSR count). The van der Waals surface area contributed by atoms with E-state index in [2.05, 4.69) is 10.0 Å². The van der Waals surface area contributed by atoms with E-state index in [9.17, 15) is 13.5 Å². The van der Waals surface area contributed by atoms with Crippen molar-refractivity contribution in [3.63, 3.8) is 0 Å². The zero-order valence-electron chi connectivity index (χ0n) is 12.8. The first-order valence-electron chi connectivity index (χ1n) is 6.51. The van der Waals surface area contributed by atoms with E-state index in [1.165, 1.54) is 25.2 Å². The molecule has 1 atom stereocenters. The summed E-state index contributed by atoms with van der Waals surface area (Å²) in [6.45, 7) is 2.41. The van der Waals surface area contributed by atoms with Crippen molar-refractivity contribution in [3.05, 3.63) is 18.2 Å². The number of nitrogens with two attached hydrogens (primary N) is 1. The average Bonchev–Trinajstić information content (AvgIpc) is 2.36. The summed E-state index contributed by atoms with van der Waals surface area (Å²) in [7, 11) is 1.55. The van der Waals surface area contributed by atoms with Crippen LogP contribution in [0.25, 0.3) is 0 Å². The number of likely N-dealkylation sites (N-methyl/N-ethyl adjacent to an activating group) is 1. The number of hydrogen-bond donors (Lipinski definition) is 4. The fraction of sp³-hybridized carbons (Fsp3) is 0.538. The zero-order valence-corrected chi connectivity index (χ0v) is 13.7. The maximum absolute atomic E-state index is 11.8. The van der Waals surface area contributed by atoms with Crippen molar-refractivity contribution in [1.29, 1.82) is 0 Å². The van der Waals surface area contributed by atoms with Crippen molar-refractivity contribution >= 4 is 21.4 Å². The highest BCUT2D eigenvalue weighted by Gasteiger charge is 2.22. The molecule has 0 fully saturated rings. The smallest absolute Gasteiger partial charge is 0.240 e. The highest BCUT2D eigenvalue weighted by molar-refractivity contribution is 7.89. The number of hydrogen-bond acceptors (Lipinski definition) is 6. The molecule has 0 amide bonds. The molecular formula is C13H24N4O3S. The van der Waals surface area contributed by atoms with Gasteiger partial charge < -0.3 is 21.1 Å². The molecule has 0 aliphatic heterocycles. The molecule has 5 N–H and O–H groups in total. The largest absolute Gasteiger partial charge is 0.397 e. The van der Waals surface area contributed by atoms with Gasteiger partial charge >= 0.3 is 0 Å². The summed E-state index contributed by atoms with van der Waals surface area (Å²) >= 11 is 0. The summed E-state index contributed by atoms with van der Waals surface area (Å²) in [5, 5.41) is 13.2. The molecule has 0 aliphatic rings. The fourth-order valence-corrected chi connectivity index (χ4v) is 2.75. The van der Waals surface area contributed by atoms with Gasteiger partial charge in [-0.1, -0.05) is 0 Å². The first-order valence-corrected chi connectivity index (χ1v) is 8.00. The highest BCUT2D eigenvalue weighted by Crippen LogP contribution is 2.23. The lowest BCUT2D eigenvalue weighted by Gasteiger charge is -2.27. The average molecular weight is 316 g/mol. The number of nitrogens with one attached hydrogen (secondary N) is 2. The van der Waals surface area contributed by atoms with Crippen molar-refractivity contribution in [2.45, 2.75) is 17.4 Å². The van der Waals surface area contributed by atoms with E-state index in [4.69, 9.17) is 5.73 Å². The lowest BCUT2D eigenvalue weighted by atomic mass is 10.1. The van der Waals surface area contributed by atoms with Crippen molar-refractivity contribution in [2.75, 3.05) is 45.3 Å². The summed E-state index contributed by atoms with van der Waals surface area (Å²) in [4.78, 5) is 1.99. The van der Waals surface area contributed by atoms with Gasteiger partial charge in [0, 0.05) is 13.1 Å². The van der Waals surface area contributed by atoms with Crippen LogP contribution in [0.2, 0.25) is 0 Å². The van der Waals surface area contributed by atoms with E-state index in [1.807, 2.05) is 19.0 Å². The molecule has 0 radical (unpaired) electrons. The quantitative estimate of drug-likeness (QED) is 0.523. The van der Waals surface area contributed by atoms with Gasteiger partial charge in [-0.3, -0.25) is 0 Å². The molecule has 0 aromatic heterocycles. The summed E-state index contributed by atoms with van der Waals surface area (Å²) < 4.78 is 25.8. The van der Waals surface area contributed by atoms with Gasteiger partial charge in [0.15, 0.2) is 0 Å². The van der Waals surface area contributed by atoms with Crippen LogP contribution in [0.3, 0.4) is 0 Å². The zero-order chi connectivity index (χ0) is 16.3. The molecule has 0 heterocycles.